The first-order valence-corrected chi connectivity index (χ1v) is 7.02. The highest BCUT2D eigenvalue weighted by atomic mass is 16.4. The molecule has 3 unspecified atom stereocenters. The van der Waals surface area contributed by atoms with Crippen LogP contribution in [0.5, 0.6) is 0 Å². The van der Waals surface area contributed by atoms with Crippen LogP contribution in [-0.4, -0.2) is 20.9 Å². The van der Waals surface area contributed by atoms with Crippen LogP contribution in [0.1, 0.15) is 51.6 Å². The van der Waals surface area contributed by atoms with Gasteiger partial charge in [0, 0.05) is 6.20 Å². The van der Waals surface area contributed by atoms with Crippen LogP contribution in [0.25, 0.3) is 0 Å². The van der Waals surface area contributed by atoms with Crippen LogP contribution in [0.3, 0.4) is 0 Å². The van der Waals surface area contributed by atoms with E-state index in [1.54, 1.807) is 6.20 Å². The average molecular weight is 264 g/mol. The quantitative estimate of drug-likeness (QED) is 0.891. The number of aryl methyl sites for hydroxylation is 1. The predicted octanol–water partition coefficient (Wildman–Crippen LogP) is 3.28. The number of rotatable bonds is 2. The summed E-state index contributed by atoms with van der Waals surface area (Å²) in [5.74, 6) is -0.444. The molecule has 2 rings (SSSR count). The topological polar surface area (TPSA) is 55.1 Å². The first-order chi connectivity index (χ1) is 8.79. The van der Waals surface area contributed by atoms with Gasteiger partial charge in [0.25, 0.3) is 0 Å². The van der Waals surface area contributed by atoms with Crippen molar-refractivity contribution in [3.8, 4) is 0 Å². The minimum absolute atomic E-state index is 0.0100. The van der Waals surface area contributed by atoms with Crippen LogP contribution in [0.4, 0.5) is 0 Å². The molecule has 0 saturated heterocycles. The molecule has 3 atom stereocenters. The van der Waals surface area contributed by atoms with E-state index in [0.29, 0.717) is 5.92 Å². The fourth-order valence-electron chi connectivity index (χ4n) is 3.13. The molecule has 1 heterocycles. The number of carboxylic acid groups (broad SMARTS) is 1. The van der Waals surface area contributed by atoms with Gasteiger partial charge in [0.15, 0.2) is 0 Å². The number of carboxylic acids is 1. The molecule has 1 N–H and O–H groups in total. The lowest BCUT2D eigenvalue weighted by atomic mass is 9.68. The van der Waals surface area contributed by atoms with Crippen molar-refractivity contribution in [2.75, 3.05) is 0 Å². The summed E-state index contributed by atoms with van der Waals surface area (Å²) in [6, 6.07) is -0.0100. The van der Waals surface area contributed by atoms with Crippen LogP contribution in [0, 0.1) is 24.2 Å². The molecular formula is C15H24N2O2. The maximum Gasteiger partial charge on any atom is 0.308 e. The van der Waals surface area contributed by atoms with Gasteiger partial charge in [0.1, 0.15) is 0 Å². The molecule has 4 nitrogen and oxygen atoms in total. The Balaban J connectivity index is 2.25. The molecule has 1 fully saturated rings. The molecule has 0 bridgehead atoms. The Hall–Kier alpha value is -1.32. The third-order valence-electron chi connectivity index (χ3n) is 4.43. The largest absolute Gasteiger partial charge is 0.481 e. The number of aromatic nitrogens is 2. The Labute approximate surface area is 114 Å². The normalized spacial score (nSPS) is 28.3. The Kier molecular flexibility index (Phi) is 3.70. The zero-order chi connectivity index (χ0) is 14.2. The van der Waals surface area contributed by atoms with Crippen LogP contribution in [0.2, 0.25) is 0 Å². The van der Waals surface area contributed by atoms with Gasteiger partial charge in [-0.15, -0.1) is 0 Å². The maximum absolute atomic E-state index is 11.5. The summed E-state index contributed by atoms with van der Waals surface area (Å²) in [7, 11) is 0. The van der Waals surface area contributed by atoms with Crippen molar-refractivity contribution < 1.29 is 9.90 Å². The van der Waals surface area contributed by atoms with Gasteiger partial charge in [-0.1, -0.05) is 20.8 Å². The molecule has 1 aromatic rings. The van der Waals surface area contributed by atoms with Gasteiger partial charge in [-0.25, -0.2) is 0 Å². The van der Waals surface area contributed by atoms with Gasteiger partial charge >= 0.3 is 5.97 Å². The van der Waals surface area contributed by atoms with Gasteiger partial charge in [0.05, 0.1) is 18.2 Å². The molecule has 1 saturated carbocycles. The first-order valence-electron chi connectivity index (χ1n) is 7.02. The summed E-state index contributed by atoms with van der Waals surface area (Å²) in [5.41, 5.74) is 1.31. The van der Waals surface area contributed by atoms with Gasteiger partial charge in [-0.2, -0.15) is 5.10 Å². The Bertz CT molecular complexity index is 459. The molecule has 0 radical (unpaired) electrons. The maximum atomic E-state index is 11.5. The predicted molar refractivity (Wildman–Crippen MR) is 73.9 cm³/mol. The van der Waals surface area contributed by atoms with Crippen molar-refractivity contribution in [3.63, 3.8) is 0 Å². The Morgan fingerprint density at radius 3 is 2.58 bits per heavy atom. The fourth-order valence-corrected chi connectivity index (χ4v) is 3.13. The minimum Gasteiger partial charge on any atom is -0.481 e. The number of carbonyl (C=O) groups is 1. The minimum atomic E-state index is -0.689. The molecule has 1 aliphatic carbocycles. The van der Waals surface area contributed by atoms with E-state index in [1.165, 1.54) is 0 Å². The summed E-state index contributed by atoms with van der Waals surface area (Å²) in [6.45, 7) is 8.71. The molecule has 0 spiro atoms. The van der Waals surface area contributed by atoms with Gasteiger partial charge < -0.3 is 5.11 Å². The smallest absolute Gasteiger partial charge is 0.308 e. The lowest BCUT2D eigenvalue weighted by molar-refractivity contribution is -0.145. The Morgan fingerprint density at radius 2 is 2.11 bits per heavy atom. The van der Waals surface area contributed by atoms with Crippen molar-refractivity contribution in [2.45, 2.75) is 53.0 Å². The highest BCUT2D eigenvalue weighted by Gasteiger charge is 2.40. The number of hydrogen-bond acceptors (Lipinski definition) is 2. The van der Waals surface area contributed by atoms with Crippen molar-refractivity contribution in [1.29, 1.82) is 0 Å². The lowest BCUT2D eigenvalue weighted by Gasteiger charge is -2.40. The SMILES string of the molecule is Cc1cnn(C2CC(C(C)(C)C)CCC2C(=O)O)c1. The summed E-state index contributed by atoms with van der Waals surface area (Å²) in [4.78, 5) is 11.5. The van der Waals surface area contributed by atoms with E-state index in [-0.39, 0.29) is 17.4 Å². The molecule has 0 aliphatic heterocycles. The number of aliphatic carboxylic acids is 1. The summed E-state index contributed by atoms with van der Waals surface area (Å²) in [5, 5.41) is 13.8. The third kappa shape index (κ3) is 2.99. The molecule has 1 aromatic heterocycles. The average Bonchev–Trinajstić information content (AvgIpc) is 2.73. The summed E-state index contributed by atoms with van der Waals surface area (Å²) in [6.07, 6.45) is 6.42. The standard InChI is InChI=1S/C15H24N2O2/c1-10-8-16-17(9-10)13-7-11(15(2,3)4)5-6-12(13)14(18)19/h8-9,11-13H,5-7H2,1-4H3,(H,18,19). The molecule has 1 aliphatic rings. The van der Waals surface area contributed by atoms with E-state index in [1.807, 2.05) is 17.8 Å². The van der Waals surface area contributed by atoms with Crippen molar-refractivity contribution in [2.24, 2.45) is 17.3 Å². The highest BCUT2D eigenvalue weighted by molar-refractivity contribution is 5.70. The summed E-state index contributed by atoms with van der Waals surface area (Å²) >= 11 is 0. The molecule has 0 aromatic carbocycles. The first kappa shape index (κ1) is 14.1. The zero-order valence-corrected chi connectivity index (χ0v) is 12.3. The van der Waals surface area contributed by atoms with Gasteiger partial charge in [-0.05, 0) is 43.1 Å². The second kappa shape index (κ2) is 4.99. The third-order valence-corrected chi connectivity index (χ3v) is 4.43. The second-order valence-electron chi connectivity index (χ2n) is 6.89. The molecular weight excluding hydrogens is 240 g/mol. The van der Waals surface area contributed by atoms with Crippen LogP contribution in [0.15, 0.2) is 12.4 Å². The van der Waals surface area contributed by atoms with E-state index in [9.17, 15) is 9.90 Å². The van der Waals surface area contributed by atoms with Crippen molar-refractivity contribution in [1.82, 2.24) is 9.78 Å². The van der Waals surface area contributed by atoms with E-state index >= 15 is 0 Å². The van der Waals surface area contributed by atoms with E-state index in [0.717, 1.165) is 24.8 Å². The van der Waals surface area contributed by atoms with Gasteiger partial charge in [-0.3, -0.25) is 9.48 Å². The molecule has 106 valence electrons. The lowest BCUT2D eigenvalue weighted by Crippen LogP contribution is -2.37. The zero-order valence-electron chi connectivity index (χ0n) is 12.3. The van der Waals surface area contributed by atoms with Crippen LogP contribution < -0.4 is 0 Å². The second-order valence-corrected chi connectivity index (χ2v) is 6.89. The van der Waals surface area contributed by atoms with Crippen molar-refractivity contribution >= 4 is 5.97 Å². The van der Waals surface area contributed by atoms with Crippen LogP contribution in [-0.2, 0) is 4.79 Å². The Morgan fingerprint density at radius 1 is 1.42 bits per heavy atom. The summed E-state index contributed by atoms with van der Waals surface area (Å²) < 4.78 is 1.87. The van der Waals surface area contributed by atoms with Crippen LogP contribution >= 0.6 is 0 Å². The molecule has 0 amide bonds. The fraction of sp³-hybridized carbons (Fsp3) is 0.733. The van der Waals surface area contributed by atoms with Gasteiger partial charge in [0.2, 0.25) is 0 Å². The molecule has 19 heavy (non-hydrogen) atoms. The van der Waals surface area contributed by atoms with E-state index in [4.69, 9.17) is 0 Å². The number of hydrogen-bond donors (Lipinski definition) is 1. The van der Waals surface area contributed by atoms with E-state index < -0.39 is 5.97 Å². The highest BCUT2D eigenvalue weighted by Crippen LogP contribution is 2.44. The van der Waals surface area contributed by atoms with E-state index in [2.05, 4.69) is 25.9 Å². The van der Waals surface area contributed by atoms with Crippen molar-refractivity contribution in [3.05, 3.63) is 18.0 Å². The monoisotopic (exact) mass is 264 g/mol. The molecule has 4 heteroatoms. The number of nitrogens with zero attached hydrogens (tertiary/aromatic N) is 2.